The predicted octanol–water partition coefficient (Wildman–Crippen LogP) is 2.64. The first-order chi connectivity index (χ1) is 10.5. The standard InChI is InChI=1S/C17H19NO3S/c1-12-3-4-14(10-17(12)22(19,20)18-2)13-5-6-16-11-21-8-7-15(16)9-13/h3-6,9-10,18H,7-8,11H2,1-2H3. The highest BCUT2D eigenvalue weighted by Gasteiger charge is 2.16. The first-order valence-electron chi connectivity index (χ1n) is 7.25. The van der Waals surface area contributed by atoms with Crippen LogP contribution in [0.3, 0.4) is 0 Å². The molecule has 116 valence electrons. The van der Waals surface area contributed by atoms with Gasteiger partial charge in [-0.05, 0) is 54.3 Å². The Hall–Kier alpha value is -1.69. The van der Waals surface area contributed by atoms with E-state index in [1.807, 2.05) is 18.2 Å². The minimum absolute atomic E-state index is 0.327. The number of hydrogen-bond acceptors (Lipinski definition) is 3. The molecule has 0 amide bonds. The zero-order valence-corrected chi connectivity index (χ0v) is 13.5. The van der Waals surface area contributed by atoms with Crippen LogP contribution in [0.15, 0.2) is 41.3 Å². The molecule has 3 rings (SSSR count). The second kappa shape index (κ2) is 5.83. The lowest BCUT2D eigenvalue weighted by Crippen LogP contribution is -2.19. The normalized spacial score (nSPS) is 14.6. The fourth-order valence-corrected chi connectivity index (χ4v) is 3.72. The van der Waals surface area contributed by atoms with E-state index in [-0.39, 0.29) is 0 Å². The Morgan fingerprint density at radius 3 is 2.55 bits per heavy atom. The zero-order valence-electron chi connectivity index (χ0n) is 12.7. The summed E-state index contributed by atoms with van der Waals surface area (Å²) in [7, 11) is -2.02. The van der Waals surface area contributed by atoms with Crippen molar-refractivity contribution >= 4 is 10.0 Å². The molecule has 22 heavy (non-hydrogen) atoms. The first-order valence-corrected chi connectivity index (χ1v) is 8.74. The number of nitrogens with one attached hydrogen (secondary N) is 1. The highest BCUT2D eigenvalue weighted by Crippen LogP contribution is 2.28. The number of aryl methyl sites for hydroxylation is 1. The van der Waals surface area contributed by atoms with Gasteiger partial charge in [0.15, 0.2) is 0 Å². The van der Waals surface area contributed by atoms with E-state index in [1.165, 1.54) is 18.2 Å². The van der Waals surface area contributed by atoms with Crippen LogP contribution >= 0.6 is 0 Å². The van der Waals surface area contributed by atoms with Gasteiger partial charge in [0.05, 0.1) is 18.1 Å². The van der Waals surface area contributed by atoms with Crippen LogP contribution in [0.1, 0.15) is 16.7 Å². The molecule has 0 saturated heterocycles. The maximum atomic E-state index is 12.1. The summed E-state index contributed by atoms with van der Waals surface area (Å²) >= 11 is 0. The summed E-state index contributed by atoms with van der Waals surface area (Å²) in [5.41, 5.74) is 5.18. The highest BCUT2D eigenvalue weighted by atomic mass is 32.2. The lowest BCUT2D eigenvalue weighted by molar-refractivity contribution is 0.111. The van der Waals surface area contributed by atoms with Crippen molar-refractivity contribution in [2.24, 2.45) is 0 Å². The third kappa shape index (κ3) is 2.79. The molecule has 0 spiro atoms. The van der Waals surface area contributed by atoms with Gasteiger partial charge < -0.3 is 4.74 Å². The Morgan fingerprint density at radius 1 is 1.05 bits per heavy atom. The Balaban J connectivity index is 2.08. The SMILES string of the molecule is CNS(=O)(=O)c1cc(-c2ccc3c(c2)CCOC3)ccc1C. The van der Waals surface area contributed by atoms with Crippen LogP contribution in [-0.4, -0.2) is 22.1 Å². The molecule has 0 bridgehead atoms. The molecular weight excluding hydrogens is 298 g/mol. The topological polar surface area (TPSA) is 55.4 Å². The molecule has 4 nitrogen and oxygen atoms in total. The smallest absolute Gasteiger partial charge is 0.240 e. The Kier molecular flexibility index (Phi) is 4.04. The quantitative estimate of drug-likeness (QED) is 0.947. The molecule has 0 aliphatic carbocycles. The minimum atomic E-state index is -3.45. The van der Waals surface area contributed by atoms with Crippen molar-refractivity contribution in [3.05, 3.63) is 53.1 Å². The minimum Gasteiger partial charge on any atom is -0.376 e. The van der Waals surface area contributed by atoms with Crippen molar-refractivity contribution < 1.29 is 13.2 Å². The number of ether oxygens (including phenoxy) is 1. The molecule has 2 aromatic carbocycles. The van der Waals surface area contributed by atoms with Gasteiger partial charge in [0.1, 0.15) is 0 Å². The van der Waals surface area contributed by atoms with Gasteiger partial charge in [-0.2, -0.15) is 0 Å². The van der Waals surface area contributed by atoms with E-state index >= 15 is 0 Å². The average Bonchev–Trinajstić information content (AvgIpc) is 2.54. The molecule has 0 fully saturated rings. The first kappa shape index (κ1) is 15.2. The van der Waals surface area contributed by atoms with Crippen LogP contribution in [0.4, 0.5) is 0 Å². The third-order valence-corrected chi connectivity index (χ3v) is 5.62. The van der Waals surface area contributed by atoms with Crippen molar-refractivity contribution in [3.8, 4) is 11.1 Å². The lowest BCUT2D eigenvalue weighted by atomic mass is 9.96. The number of hydrogen-bond donors (Lipinski definition) is 1. The van der Waals surface area contributed by atoms with Gasteiger partial charge in [-0.15, -0.1) is 0 Å². The van der Waals surface area contributed by atoms with Crippen LogP contribution in [0.5, 0.6) is 0 Å². The molecule has 0 saturated carbocycles. The van der Waals surface area contributed by atoms with Gasteiger partial charge in [-0.3, -0.25) is 0 Å². The highest BCUT2D eigenvalue weighted by molar-refractivity contribution is 7.89. The molecule has 5 heteroatoms. The molecule has 0 aromatic heterocycles. The molecule has 1 aliphatic rings. The van der Waals surface area contributed by atoms with E-state index in [2.05, 4.69) is 16.9 Å². The van der Waals surface area contributed by atoms with Crippen LogP contribution in [-0.2, 0) is 27.8 Å². The van der Waals surface area contributed by atoms with Crippen molar-refractivity contribution in [3.63, 3.8) is 0 Å². The summed E-state index contributed by atoms with van der Waals surface area (Å²) in [5.74, 6) is 0. The predicted molar refractivity (Wildman–Crippen MR) is 86.2 cm³/mol. The third-order valence-electron chi connectivity index (χ3n) is 4.06. The van der Waals surface area contributed by atoms with E-state index < -0.39 is 10.0 Å². The zero-order chi connectivity index (χ0) is 15.7. The number of fused-ring (bicyclic) bond motifs is 1. The van der Waals surface area contributed by atoms with Gasteiger partial charge in [0.25, 0.3) is 0 Å². The molecule has 0 radical (unpaired) electrons. The van der Waals surface area contributed by atoms with Crippen molar-refractivity contribution in [1.82, 2.24) is 4.72 Å². The maximum Gasteiger partial charge on any atom is 0.240 e. The van der Waals surface area contributed by atoms with Gasteiger partial charge in [0.2, 0.25) is 10.0 Å². The Bertz CT molecular complexity index is 813. The molecule has 1 N–H and O–H groups in total. The summed E-state index contributed by atoms with van der Waals surface area (Å²) in [6.07, 6.45) is 0.900. The number of benzene rings is 2. The molecule has 1 aliphatic heterocycles. The fourth-order valence-electron chi connectivity index (χ4n) is 2.72. The van der Waals surface area contributed by atoms with Gasteiger partial charge >= 0.3 is 0 Å². The molecule has 2 aromatic rings. The largest absolute Gasteiger partial charge is 0.376 e. The number of sulfonamides is 1. The lowest BCUT2D eigenvalue weighted by Gasteiger charge is -2.17. The van der Waals surface area contributed by atoms with Crippen LogP contribution in [0.2, 0.25) is 0 Å². The van der Waals surface area contributed by atoms with Crippen molar-refractivity contribution in [2.75, 3.05) is 13.7 Å². The summed E-state index contributed by atoms with van der Waals surface area (Å²) < 4.78 is 32.1. The van der Waals surface area contributed by atoms with Crippen molar-refractivity contribution in [2.45, 2.75) is 24.8 Å². The van der Waals surface area contributed by atoms with Crippen LogP contribution in [0, 0.1) is 6.92 Å². The Labute approximate surface area is 131 Å². The van der Waals surface area contributed by atoms with Gasteiger partial charge in [-0.25, -0.2) is 13.1 Å². The molecular formula is C17H19NO3S. The number of rotatable bonds is 3. The van der Waals surface area contributed by atoms with E-state index in [0.29, 0.717) is 11.5 Å². The summed E-state index contributed by atoms with van der Waals surface area (Å²) in [6.45, 7) is 3.20. The molecule has 0 atom stereocenters. The monoisotopic (exact) mass is 317 g/mol. The van der Waals surface area contributed by atoms with E-state index in [1.54, 1.807) is 13.0 Å². The summed E-state index contributed by atoms with van der Waals surface area (Å²) in [5, 5.41) is 0. The fraction of sp³-hybridized carbons (Fsp3) is 0.294. The van der Waals surface area contributed by atoms with Crippen molar-refractivity contribution in [1.29, 1.82) is 0 Å². The second-order valence-electron chi connectivity index (χ2n) is 5.47. The van der Waals surface area contributed by atoms with E-state index in [4.69, 9.17) is 4.74 Å². The van der Waals surface area contributed by atoms with E-state index in [9.17, 15) is 8.42 Å². The van der Waals surface area contributed by atoms with Crippen LogP contribution in [0.25, 0.3) is 11.1 Å². The Morgan fingerprint density at radius 2 is 1.77 bits per heavy atom. The average molecular weight is 317 g/mol. The van der Waals surface area contributed by atoms with Gasteiger partial charge in [-0.1, -0.05) is 30.3 Å². The summed E-state index contributed by atoms with van der Waals surface area (Å²) in [6, 6.07) is 11.8. The van der Waals surface area contributed by atoms with E-state index in [0.717, 1.165) is 29.7 Å². The summed E-state index contributed by atoms with van der Waals surface area (Å²) in [4.78, 5) is 0.327. The second-order valence-corrected chi connectivity index (χ2v) is 7.33. The molecule has 1 heterocycles. The molecule has 0 unspecified atom stereocenters. The van der Waals surface area contributed by atoms with Crippen LogP contribution < -0.4 is 4.72 Å². The van der Waals surface area contributed by atoms with Gasteiger partial charge in [0, 0.05) is 0 Å². The maximum absolute atomic E-state index is 12.1.